The maximum atomic E-state index is 13.7. The van der Waals surface area contributed by atoms with Crippen molar-refractivity contribution in [3.63, 3.8) is 0 Å². The highest BCUT2D eigenvalue weighted by Crippen LogP contribution is 2.42. The lowest BCUT2D eigenvalue weighted by Crippen LogP contribution is -2.36. The fourth-order valence-electron chi connectivity index (χ4n) is 5.11. The maximum absolute atomic E-state index is 13.7. The van der Waals surface area contributed by atoms with Crippen molar-refractivity contribution in [1.82, 2.24) is 14.8 Å². The van der Waals surface area contributed by atoms with E-state index in [1.807, 2.05) is 0 Å². The van der Waals surface area contributed by atoms with Gasteiger partial charge >= 0.3 is 12.1 Å². The van der Waals surface area contributed by atoms with E-state index in [4.69, 9.17) is 9.72 Å². The number of nitrogens with zero attached hydrogens (tertiary/aromatic N) is 3. The third kappa shape index (κ3) is 6.81. The summed E-state index contributed by atoms with van der Waals surface area (Å²) in [7, 11) is 1.75. The van der Waals surface area contributed by atoms with Crippen LogP contribution in [0.1, 0.15) is 78.4 Å². The topological polar surface area (TPSA) is 77.2 Å². The van der Waals surface area contributed by atoms with Crippen molar-refractivity contribution >= 4 is 5.97 Å². The summed E-state index contributed by atoms with van der Waals surface area (Å²) in [5.74, 6) is -1.03. The van der Waals surface area contributed by atoms with Gasteiger partial charge in [-0.2, -0.15) is 18.3 Å². The fraction of sp³-hybridized carbons (Fsp3) is 0.500. The molecule has 4 rings (SSSR count). The molecule has 0 saturated heterocycles. The number of aromatic nitrogens is 3. The van der Waals surface area contributed by atoms with Gasteiger partial charge in [-0.25, -0.2) is 4.68 Å². The summed E-state index contributed by atoms with van der Waals surface area (Å²) in [6.45, 7) is 4.41. The smallest absolute Gasteiger partial charge is 0.397 e. The van der Waals surface area contributed by atoms with Gasteiger partial charge in [0.2, 0.25) is 5.88 Å². The molecule has 1 aliphatic rings. The van der Waals surface area contributed by atoms with E-state index in [9.17, 15) is 23.1 Å². The van der Waals surface area contributed by atoms with Gasteiger partial charge in [0, 0.05) is 30.9 Å². The quantitative estimate of drug-likeness (QED) is 0.326. The van der Waals surface area contributed by atoms with Gasteiger partial charge in [0.15, 0.2) is 0 Å². The van der Waals surface area contributed by atoms with E-state index in [1.165, 1.54) is 36.2 Å². The molecule has 0 amide bonds. The van der Waals surface area contributed by atoms with Crippen LogP contribution in [0.4, 0.5) is 13.2 Å². The lowest BCUT2D eigenvalue weighted by molar-refractivity contribution is -0.180. The number of carbonyl (C=O) groups is 1. The first-order valence-electron chi connectivity index (χ1n) is 13.4. The van der Waals surface area contributed by atoms with Crippen LogP contribution in [0.2, 0.25) is 0 Å². The molecule has 1 N–H and O–H groups in total. The number of aryl methyl sites for hydroxylation is 4. The number of hydrogen-bond donors (Lipinski definition) is 1. The van der Waals surface area contributed by atoms with Gasteiger partial charge in [0.25, 0.3) is 0 Å². The van der Waals surface area contributed by atoms with Crippen LogP contribution >= 0.6 is 0 Å². The summed E-state index contributed by atoms with van der Waals surface area (Å²) in [6, 6.07) is 10.7. The second-order valence-corrected chi connectivity index (χ2v) is 11.1. The summed E-state index contributed by atoms with van der Waals surface area (Å²) in [5, 5.41) is 14.1. The van der Waals surface area contributed by atoms with Gasteiger partial charge in [0.05, 0.1) is 24.1 Å². The Balaban J connectivity index is 1.48. The van der Waals surface area contributed by atoms with E-state index in [2.05, 4.69) is 17.2 Å². The molecule has 1 aromatic carbocycles. The SMILES string of the molecule is Cc1cc(C(CC(=O)O)Cc2cc(OCCc3ccc4c(n3)CCCC4)n(C)n2)cc(C(C)(C)C(F)(F)F)c1. The Kier molecular flexibility index (Phi) is 8.37. The van der Waals surface area contributed by atoms with Crippen LogP contribution in [0.25, 0.3) is 0 Å². The Morgan fingerprint density at radius 1 is 1.10 bits per heavy atom. The van der Waals surface area contributed by atoms with Crippen LogP contribution in [-0.2, 0) is 42.9 Å². The molecule has 0 bridgehead atoms. The van der Waals surface area contributed by atoms with Crippen LogP contribution in [0.3, 0.4) is 0 Å². The molecule has 3 aromatic rings. The number of carboxylic acid groups (broad SMARTS) is 1. The number of benzene rings is 1. The molecule has 0 saturated carbocycles. The van der Waals surface area contributed by atoms with Crippen molar-refractivity contribution in [2.24, 2.45) is 7.05 Å². The van der Waals surface area contributed by atoms with Crippen molar-refractivity contribution in [2.75, 3.05) is 6.61 Å². The number of aliphatic carboxylic acids is 1. The minimum absolute atomic E-state index is 0.112. The molecule has 0 fully saturated rings. The van der Waals surface area contributed by atoms with Gasteiger partial charge < -0.3 is 9.84 Å². The number of pyridine rings is 1. The molecule has 1 aliphatic carbocycles. The van der Waals surface area contributed by atoms with Crippen molar-refractivity contribution in [1.29, 1.82) is 0 Å². The second kappa shape index (κ2) is 11.4. The van der Waals surface area contributed by atoms with Crippen LogP contribution in [-0.4, -0.2) is 38.6 Å². The zero-order chi connectivity index (χ0) is 28.4. The minimum Gasteiger partial charge on any atom is -0.481 e. The lowest BCUT2D eigenvalue weighted by Gasteiger charge is -2.29. The summed E-state index contributed by atoms with van der Waals surface area (Å²) in [5.41, 5.74) is 3.36. The number of ether oxygens (including phenoxy) is 1. The molecule has 210 valence electrons. The van der Waals surface area contributed by atoms with E-state index in [0.29, 0.717) is 35.7 Å². The van der Waals surface area contributed by atoms with Crippen LogP contribution in [0.5, 0.6) is 5.88 Å². The van der Waals surface area contributed by atoms with Gasteiger partial charge in [-0.15, -0.1) is 0 Å². The Labute approximate surface area is 227 Å². The minimum atomic E-state index is -4.44. The fourth-order valence-corrected chi connectivity index (χ4v) is 5.11. The van der Waals surface area contributed by atoms with Crippen molar-refractivity contribution in [3.05, 3.63) is 75.7 Å². The highest BCUT2D eigenvalue weighted by Gasteiger charge is 2.48. The van der Waals surface area contributed by atoms with E-state index < -0.39 is 23.5 Å². The monoisotopic (exact) mass is 543 g/mol. The number of alkyl halides is 3. The Morgan fingerprint density at radius 2 is 1.85 bits per heavy atom. The number of hydrogen-bond acceptors (Lipinski definition) is 4. The summed E-state index contributed by atoms with van der Waals surface area (Å²) >= 11 is 0. The normalized spacial score (nSPS) is 14.6. The highest BCUT2D eigenvalue weighted by molar-refractivity contribution is 5.68. The Bertz CT molecular complexity index is 1330. The Morgan fingerprint density at radius 3 is 2.56 bits per heavy atom. The predicted molar refractivity (Wildman–Crippen MR) is 142 cm³/mol. The first-order chi connectivity index (χ1) is 18.3. The van der Waals surface area contributed by atoms with E-state index >= 15 is 0 Å². The van der Waals surface area contributed by atoms with Gasteiger partial charge in [-0.3, -0.25) is 9.78 Å². The van der Waals surface area contributed by atoms with Gasteiger partial charge in [0.1, 0.15) is 0 Å². The molecule has 39 heavy (non-hydrogen) atoms. The summed E-state index contributed by atoms with van der Waals surface area (Å²) in [4.78, 5) is 16.5. The van der Waals surface area contributed by atoms with Gasteiger partial charge in [-0.1, -0.05) is 29.8 Å². The summed E-state index contributed by atoms with van der Waals surface area (Å²) < 4.78 is 48.8. The average Bonchev–Trinajstić information content (AvgIpc) is 3.20. The molecule has 6 nitrogen and oxygen atoms in total. The molecule has 0 spiro atoms. The zero-order valence-corrected chi connectivity index (χ0v) is 22.9. The second-order valence-electron chi connectivity index (χ2n) is 11.1. The van der Waals surface area contributed by atoms with Crippen molar-refractivity contribution < 1.29 is 27.8 Å². The van der Waals surface area contributed by atoms with E-state index in [0.717, 1.165) is 32.4 Å². The third-order valence-corrected chi connectivity index (χ3v) is 7.61. The number of carboxylic acids is 1. The van der Waals surface area contributed by atoms with Crippen molar-refractivity contribution in [2.45, 2.75) is 83.2 Å². The van der Waals surface area contributed by atoms with Crippen LogP contribution in [0, 0.1) is 6.92 Å². The van der Waals surface area contributed by atoms with E-state index in [1.54, 1.807) is 30.8 Å². The van der Waals surface area contributed by atoms with E-state index in [-0.39, 0.29) is 18.4 Å². The molecular weight excluding hydrogens is 507 g/mol. The van der Waals surface area contributed by atoms with Crippen molar-refractivity contribution in [3.8, 4) is 5.88 Å². The molecule has 2 heterocycles. The van der Waals surface area contributed by atoms with Gasteiger partial charge in [-0.05, 0) is 81.5 Å². The average molecular weight is 544 g/mol. The zero-order valence-electron chi connectivity index (χ0n) is 22.9. The molecule has 9 heteroatoms. The first-order valence-corrected chi connectivity index (χ1v) is 13.4. The lowest BCUT2D eigenvalue weighted by atomic mass is 9.80. The molecule has 0 radical (unpaired) electrons. The third-order valence-electron chi connectivity index (χ3n) is 7.61. The number of fused-ring (bicyclic) bond motifs is 1. The Hall–Kier alpha value is -3.36. The molecule has 1 atom stereocenters. The first kappa shape index (κ1) is 28.6. The predicted octanol–water partition coefficient (Wildman–Crippen LogP) is 6.26. The molecule has 2 aromatic heterocycles. The molecule has 0 aliphatic heterocycles. The van der Waals surface area contributed by atoms with Crippen LogP contribution in [0.15, 0.2) is 36.4 Å². The molecule has 1 unspecified atom stereocenters. The largest absolute Gasteiger partial charge is 0.481 e. The maximum Gasteiger partial charge on any atom is 0.397 e. The standard InChI is InChI=1S/C30H36F3N3O3/c1-19-13-21(15-23(14-19)29(2,3)30(31,32)33)22(17-28(37)38)16-25-18-27(36(4)35-25)39-12-11-24-10-9-20-7-5-6-8-26(20)34-24/h9-10,13-15,18,22H,5-8,11-12,16-17H2,1-4H3,(H,37,38). The summed E-state index contributed by atoms with van der Waals surface area (Å²) in [6.07, 6.45) is 0.719. The van der Waals surface area contributed by atoms with Crippen LogP contribution < -0.4 is 4.74 Å². The molecular formula is C30H36F3N3O3. The number of rotatable bonds is 10. The highest BCUT2D eigenvalue weighted by atomic mass is 19.4. The number of halogens is 3.